The number of amides is 1. The van der Waals surface area contributed by atoms with Crippen LogP contribution in [0.3, 0.4) is 0 Å². The molecule has 5 heteroatoms. The zero-order chi connectivity index (χ0) is 14.5. The van der Waals surface area contributed by atoms with Crippen LogP contribution >= 0.6 is 0 Å². The Bertz CT molecular complexity index is 447. The molecule has 0 aliphatic heterocycles. The van der Waals surface area contributed by atoms with E-state index in [-0.39, 0.29) is 17.1 Å². The molecule has 0 fully saturated rings. The van der Waals surface area contributed by atoms with Gasteiger partial charge in [0.25, 0.3) is 5.91 Å². The molecule has 0 bridgehead atoms. The van der Waals surface area contributed by atoms with Gasteiger partial charge in [-0.25, -0.2) is 4.39 Å². The van der Waals surface area contributed by atoms with E-state index in [2.05, 4.69) is 10.6 Å². The van der Waals surface area contributed by atoms with Crippen LogP contribution in [0.5, 0.6) is 5.75 Å². The third-order valence-electron chi connectivity index (χ3n) is 2.80. The molecule has 0 radical (unpaired) electrons. The molecule has 0 spiro atoms. The van der Waals surface area contributed by atoms with E-state index in [0.717, 1.165) is 6.54 Å². The van der Waals surface area contributed by atoms with Crippen molar-refractivity contribution in [3.63, 3.8) is 0 Å². The van der Waals surface area contributed by atoms with Gasteiger partial charge in [-0.3, -0.25) is 4.79 Å². The number of benzene rings is 1. The van der Waals surface area contributed by atoms with Gasteiger partial charge in [0.2, 0.25) is 0 Å². The standard InChI is InChI=1S/C14H21FN2O2/c1-14(2,8-16-3)9-17-13(18)10-5-6-12(19-4)11(15)7-10/h5-7,16H,8-9H2,1-4H3,(H,17,18). The summed E-state index contributed by atoms with van der Waals surface area (Å²) < 4.78 is 18.3. The van der Waals surface area contributed by atoms with Gasteiger partial charge in [-0.2, -0.15) is 0 Å². The molecule has 106 valence electrons. The maximum atomic E-state index is 13.5. The van der Waals surface area contributed by atoms with E-state index in [1.807, 2.05) is 20.9 Å². The van der Waals surface area contributed by atoms with Crippen molar-refractivity contribution < 1.29 is 13.9 Å². The van der Waals surface area contributed by atoms with E-state index < -0.39 is 5.82 Å². The van der Waals surface area contributed by atoms with Gasteiger partial charge in [-0.15, -0.1) is 0 Å². The van der Waals surface area contributed by atoms with Crippen LogP contribution in [0.1, 0.15) is 24.2 Å². The molecule has 0 unspecified atom stereocenters. The number of carbonyl (C=O) groups is 1. The van der Waals surface area contributed by atoms with E-state index in [9.17, 15) is 9.18 Å². The third-order valence-corrected chi connectivity index (χ3v) is 2.80. The first kappa shape index (κ1) is 15.4. The summed E-state index contributed by atoms with van der Waals surface area (Å²) in [5, 5.41) is 5.87. The molecule has 2 N–H and O–H groups in total. The number of rotatable bonds is 6. The van der Waals surface area contributed by atoms with Gasteiger partial charge in [-0.05, 0) is 30.7 Å². The van der Waals surface area contributed by atoms with E-state index in [1.165, 1.54) is 19.2 Å². The van der Waals surface area contributed by atoms with Crippen molar-refractivity contribution in [3.8, 4) is 5.75 Å². The van der Waals surface area contributed by atoms with Crippen LogP contribution in [0.4, 0.5) is 4.39 Å². The summed E-state index contributed by atoms with van der Waals surface area (Å²) in [5.41, 5.74) is 0.230. The molecule has 0 aromatic heterocycles. The smallest absolute Gasteiger partial charge is 0.251 e. The molecule has 4 nitrogen and oxygen atoms in total. The zero-order valence-corrected chi connectivity index (χ0v) is 11.8. The number of methoxy groups -OCH3 is 1. The minimum atomic E-state index is -0.537. The molecule has 1 amide bonds. The van der Waals surface area contributed by atoms with Crippen LogP contribution in [-0.4, -0.2) is 33.2 Å². The van der Waals surface area contributed by atoms with Crippen molar-refractivity contribution in [1.82, 2.24) is 10.6 Å². The number of carbonyl (C=O) groups excluding carboxylic acids is 1. The van der Waals surface area contributed by atoms with Crippen molar-refractivity contribution in [2.24, 2.45) is 5.41 Å². The highest BCUT2D eigenvalue weighted by molar-refractivity contribution is 5.94. The average Bonchev–Trinajstić information content (AvgIpc) is 2.36. The molecule has 0 aliphatic carbocycles. The maximum Gasteiger partial charge on any atom is 0.251 e. The first-order valence-electron chi connectivity index (χ1n) is 6.16. The van der Waals surface area contributed by atoms with E-state index in [0.29, 0.717) is 12.1 Å². The van der Waals surface area contributed by atoms with Gasteiger partial charge in [0.15, 0.2) is 11.6 Å². The fraction of sp³-hybridized carbons (Fsp3) is 0.500. The van der Waals surface area contributed by atoms with Gasteiger partial charge >= 0.3 is 0 Å². The lowest BCUT2D eigenvalue weighted by atomic mass is 9.93. The SMILES string of the molecule is CNCC(C)(C)CNC(=O)c1ccc(OC)c(F)c1. The predicted octanol–water partition coefficient (Wildman–Crippen LogP) is 1.81. The van der Waals surface area contributed by atoms with E-state index >= 15 is 0 Å². The Hall–Kier alpha value is -1.62. The van der Waals surface area contributed by atoms with Gasteiger partial charge in [0.1, 0.15) is 0 Å². The molecular weight excluding hydrogens is 247 g/mol. The molecule has 0 aliphatic rings. The van der Waals surface area contributed by atoms with Gasteiger partial charge in [0.05, 0.1) is 7.11 Å². The van der Waals surface area contributed by atoms with Gasteiger partial charge < -0.3 is 15.4 Å². The lowest BCUT2D eigenvalue weighted by molar-refractivity contribution is 0.0936. The Labute approximate surface area is 113 Å². The van der Waals surface area contributed by atoms with Crippen LogP contribution in [0.15, 0.2) is 18.2 Å². The normalized spacial score (nSPS) is 11.2. The Kier molecular flexibility index (Phi) is 5.30. The van der Waals surface area contributed by atoms with Crippen LogP contribution in [0, 0.1) is 11.2 Å². The van der Waals surface area contributed by atoms with Crippen molar-refractivity contribution in [2.75, 3.05) is 27.2 Å². The Morgan fingerprint density at radius 2 is 2.05 bits per heavy atom. The summed E-state index contributed by atoms with van der Waals surface area (Å²) in [4.78, 5) is 11.9. The number of hydrogen-bond donors (Lipinski definition) is 2. The fourth-order valence-corrected chi connectivity index (χ4v) is 1.77. The van der Waals surface area contributed by atoms with Gasteiger partial charge in [0, 0.05) is 18.7 Å². The van der Waals surface area contributed by atoms with E-state index in [1.54, 1.807) is 6.07 Å². The van der Waals surface area contributed by atoms with Crippen LogP contribution in [0.25, 0.3) is 0 Å². The Morgan fingerprint density at radius 1 is 1.37 bits per heavy atom. The maximum absolute atomic E-state index is 13.5. The van der Waals surface area contributed by atoms with Crippen molar-refractivity contribution >= 4 is 5.91 Å². The lowest BCUT2D eigenvalue weighted by Gasteiger charge is -2.24. The minimum absolute atomic E-state index is 0.0601. The summed E-state index contributed by atoms with van der Waals surface area (Å²) in [6.45, 7) is 5.38. The molecule has 0 saturated carbocycles. The second kappa shape index (κ2) is 6.52. The minimum Gasteiger partial charge on any atom is -0.494 e. The summed E-state index contributed by atoms with van der Waals surface area (Å²) in [6.07, 6.45) is 0. The number of ether oxygens (including phenoxy) is 1. The lowest BCUT2D eigenvalue weighted by Crippen LogP contribution is -2.39. The van der Waals surface area contributed by atoms with Crippen molar-refractivity contribution in [1.29, 1.82) is 0 Å². The summed E-state index contributed by atoms with van der Waals surface area (Å²) in [7, 11) is 3.25. The molecule has 1 rings (SSSR count). The quantitative estimate of drug-likeness (QED) is 0.827. The monoisotopic (exact) mass is 268 g/mol. The predicted molar refractivity (Wildman–Crippen MR) is 73.0 cm³/mol. The van der Waals surface area contributed by atoms with Gasteiger partial charge in [-0.1, -0.05) is 13.8 Å². The third kappa shape index (κ3) is 4.52. The summed E-state index contributed by atoms with van der Waals surface area (Å²) in [5.74, 6) is -0.692. The van der Waals surface area contributed by atoms with Crippen molar-refractivity contribution in [2.45, 2.75) is 13.8 Å². The highest BCUT2D eigenvalue weighted by Gasteiger charge is 2.18. The number of halogens is 1. The fourth-order valence-electron chi connectivity index (χ4n) is 1.77. The largest absolute Gasteiger partial charge is 0.494 e. The van der Waals surface area contributed by atoms with Crippen LogP contribution in [-0.2, 0) is 0 Å². The van der Waals surface area contributed by atoms with Crippen molar-refractivity contribution in [3.05, 3.63) is 29.6 Å². The highest BCUT2D eigenvalue weighted by Crippen LogP contribution is 2.18. The van der Waals surface area contributed by atoms with Crippen LogP contribution < -0.4 is 15.4 Å². The second-order valence-electron chi connectivity index (χ2n) is 5.23. The average molecular weight is 268 g/mol. The Morgan fingerprint density at radius 3 is 2.58 bits per heavy atom. The molecule has 0 atom stereocenters. The first-order chi connectivity index (χ1) is 8.89. The number of hydrogen-bond acceptors (Lipinski definition) is 3. The second-order valence-corrected chi connectivity index (χ2v) is 5.23. The summed E-state index contributed by atoms with van der Waals surface area (Å²) in [6, 6.07) is 4.17. The molecule has 19 heavy (non-hydrogen) atoms. The highest BCUT2D eigenvalue weighted by atomic mass is 19.1. The van der Waals surface area contributed by atoms with Crippen LogP contribution in [0.2, 0.25) is 0 Å². The topological polar surface area (TPSA) is 50.4 Å². The summed E-state index contributed by atoms with van der Waals surface area (Å²) >= 11 is 0. The molecule has 0 saturated heterocycles. The molecule has 1 aromatic rings. The number of nitrogens with one attached hydrogen (secondary N) is 2. The molecule has 1 aromatic carbocycles. The Balaban J connectivity index is 2.66. The molecule has 0 heterocycles. The molecular formula is C14H21FN2O2. The zero-order valence-electron chi connectivity index (χ0n) is 11.8. The van der Waals surface area contributed by atoms with E-state index in [4.69, 9.17) is 4.74 Å². The first-order valence-corrected chi connectivity index (χ1v) is 6.16.